The normalized spacial score (nSPS) is 24.7. The van der Waals surface area contributed by atoms with Crippen molar-refractivity contribution in [1.82, 2.24) is 0 Å². The van der Waals surface area contributed by atoms with Crippen molar-refractivity contribution in [2.45, 2.75) is 81.8 Å². The van der Waals surface area contributed by atoms with Crippen LogP contribution in [0.4, 0.5) is 0 Å². The second-order valence-electron chi connectivity index (χ2n) is 7.21. The molecule has 0 heterocycles. The molecular weight excluding hydrogens is 260 g/mol. The molecule has 2 saturated carbocycles. The van der Waals surface area contributed by atoms with Crippen LogP contribution < -0.4 is 0 Å². The fraction of sp³-hybridized carbons (Fsp3) is 0.684. The molecule has 2 aliphatic rings. The van der Waals surface area contributed by atoms with Crippen LogP contribution in [-0.2, 0) is 12.0 Å². The molecule has 1 aromatic carbocycles. The minimum Gasteiger partial charge on any atom is -0.390 e. The van der Waals surface area contributed by atoms with Gasteiger partial charge in [0.2, 0.25) is 0 Å². The van der Waals surface area contributed by atoms with Crippen molar-refractivity contribution >= 4 is 0 Å². The highest BCUT2D eigenvalue weighted by Gasteiger charge is 2.36. The van der Waals surface area contributed by atoms with Gasteiger partial charge in [0.1, 0.15) is 0 Å². The van der Waals surface area contributed by atoms with Crippen LogP contribution in [0.2, 0.25) is 0 Å². The highest BCUT2D eigenvalue weighted by atomic mass is 16.3. The molecule has 3 rings (SSSR count). The predicted molar refractivity (Wildman–Crippen MR) is 85.2 cm³/mol. The molecule has 0 saturated heterocycles. The zero-order chi connectivity index (χ0) is 14.8. The molecule has 2 N–H and O–H groups in total. The Kier molecular flexibility index (Phi) is 4.37. The molecule has 0 aliphatic heterocycles. The summed E-state index contributed by atoms with van der Waals surface area (Å²) in [7, 11) is 0. The summed E-state index contributed by atoms with van der Waals surface area (Å²) in [6.45, 7) is 0. The maximum Gasteiger partial charge on any atom is 0.0899 e. The number of aliphatic hydroxyl groups is 2. The van der Waals surface area contributed by atoms with Gasteiger partial charge in [0.15, 0.2) is 0 Å². The Morgan fingerprint density at radius 3 is 2.00 bits per heavy atom. The zero-order valence-electron chi connectivity index (χ0n) is 13.0. The SMILES string of the molecule is OC1(Cc2ccccc2C2(O)CCCCC2)CCCCC1. The van der Waals surface area contributed by atoms with E-state index < -0.39 is 11.2 Å². The van der Waals surface area contributed by atoms with Crippen LogP contribution >= 0.6 is 0 Å². The first-order valence-electron chi connectivity index (χ1n) is 8.65. The van der Waals surface area contributed by atoms with E-state index >= 15 is 0 Å². The van der Waals surface area contributed by atoms with Gasteiger partial charge >= 0.3 is 0 Å². The Hall–Kier alpha value is -0.860. The molecule has 2 aliphatic carbocycles. The van der Waals surface area contributed by atoms with Gasteiger partial charge in [0, 0.05) is 6.42 Å². The van der Waals surface area contributed by atoms with Crippen LogP contribution in [-0.4, -0.2) is 15.8 Å². The van der Waals surface area contributed by atoms with E-state index in [-0.39, 0.29) is 0 Å². The van der Waals surface area contributed by atoms with E-state index in [1.807, 2.05) is 12.1 Å². The third kappa shape index (κ3) is 3.32. The second-order valence-corrected chi connectivity index (χ2v) is 7.21. The summed E-state index contributed by atoms with van der Waals surface area (Å²) in [4.78, 5) is 0. The van der Waals surface area contributed by atoms with Crippen molar-refractivity contribution < 1.29 is 10.2 Å². The molecule has 0 bridgehead atoms. The lowest BCUT2D eigenvalue weighted by Gasteiger charge is -2.37. The Bertz CT molecular complexity index is 468. The summed E-state index contributed by atoms with van der Waals surface area (Å²) in [5.41, 5.74) is 1.01. The predicted octanol–water partition coefficient (Wildman–Crippen LogP) is 4.08. The van der Waals surface area contributed by atoms with Gasteiger partial charge in [-0.15, -0.1) is 0 Å². The molecule has 2 fully saturated rings. The molecular formula is C19H28O2. The maximum atomic E-state index is 11.1. The van der Waals surface area contributed by atoms with Crippen LogP contribution in [0.15, 0.2) is 24.3 Å². The molecule has 21 heavy (non-hydrogen) atoms. The maximum absolute atomic E-state index is 11.1. The van der Waals surface area contributed by atoms with Crippen LogP contribution in [0.25, 0.3) is 0 Å². The van der Waals surface area contributed by atoms with Gasteiger partial charge in [-0.25, -0.2) is 0 Å². The smallest absolute Gasteiger partial charge is 0.0899 e. The minimum atomic E-state index is -0.667. The summed E-state index contributed by atoms with van der Waals surface area (Å²) in [6.07, 6.45) is 11.2. The summed E-state index contributed by atoms with van der Waals surface area (Å²) in [6, 6.07) is 8.24. The van der Waals surface area contributed by atoms with Gasteiger partial charge in [-0.3, -0.25) is 0 Å². The van der Waals surface area contributed by atoms with Gasteiger partial charge < -0.3 is 10.2 Å². The van der Waals surface area contributed by atoms with E-state index in [2.05, 4.69) is 12.1 Å². The third-order valence-corrected chi connectivity index (χ3v) is 5.50. The fourth-order valence-corrected chi connectivity index (χ4v) is 4.28. The summed E-state index contributed by atoms with van der Waals surface area (Å²) in [5.74, 6) is 0. The lowest BCUT2D eigenvalue weighted by molar-refractivity contribution is -0.00900. The van der Waals surface area contributed by atoms with E-state index in [9.17, 15) is 10.2 Å². The molecule has 0 radical (unpaired) electrons. The summed E-state index contributed by atoms with van der Waals surface area (Å²) >= 11 is 0. The lowest BCUT2D eigenvalue weighted by Crippen LogP contribution is -2.36. The average Bonchev–Trinajstić information content (AvgIpc) is 2.49. The Balaban J connectivity index is 1.85. The third-order valence-electron chi connectivity index (χ3n) is 5.50. The Labute approximate surface area is 128 Å². The number of hydrogen-bond acceptors (Lipinski definition) is 2. The van der Waals surface area contributed by atoms with Crippen molar-refractivity contribution in [3.8, 4) is 0 Å². The molecule has 0 aromatic heterocycles. The highest BCUT2D eigenvalue weighted by Crippen LogP contribution is 2.40. The van der Waals surface area contributed by atoms with Crippen molar-refractivity contribution in [3.05, 3.63) is 35.4 Å². The van der Waals surface area contributed by atoms with E-state index in [0.717, 1.165) is 62.5 Å². The van der Waals surface area contributed by atoms with Crippen molar-refractivity contribution in [3.63, 3.8) is 0 Å². The van der Waals surface area contributed by atoms with E-state index in [0.29, 0.717) is 6.42 Å². The number of hydrogen-bond donors (Lipinski definition) is 2. The fourth-order valence-electron chi connectivity index (χ4n) is 4.28. The van der Waals surface area contributed by atoms with Gasteiger partial charge in [0.05, 0.1) is 11.2 Å². The summed E-state index contributed by atoms with van der Waals surface area (Å²) in [5, 5.41) is 21.9. The first-order chi connectivity index (χ1) is 10.1. The number of benzene rings is 1. The largest absolute Gasteiger partial charge is 0.390 e. The molecule has 2 nitrogen and oxygen atoms in total. The van der Waals surface area contributed by atoms with Crippen molar-refractivity contribution in [2.75, 3.05) is 0 Å². The van der Waals surface area contributed by atoms with Crippen molar-refractivity contribution in [1.29, 1.82) is 0 Å². The second kappa shape index (κ2) is 6.10. The van der Waals surface area contributed by atoms with Crippen LogP contribution in [0, 0.1) is 0 Å². The standard InChI is InChI=1S/C19H28O2/c20-18(11-5-1-6-12-18)15-16-9-3-4-10-17(16)19(21)13-7-2-8-14-19/h3-4,9-10,20-21H,1-2,5-8,11-15H2. The van der Waals surface area contributed by atoms with Crippen LogP contribution in [0.3, 0.4) is 0 Å². The van der Waals surface area contributed by atoms with Gasteiger partial charge in [-0.1, -0.05) is 62.8 Å². The van der Waals surface area contributed by atoms with Crippen LogP contribution in [0.1, 0.15) is 75.3 Å². The monoisotopic (exact) mass is 288 g/mol. The first-order valence-corrected chi connectivity index (χ1v) is 8.65. The van der Waals surface area contributed by atoms with Gasteiger partial charge in [0.25, 0.3) is 0 Å². The van der Waals surface area contributed by atoms with E-state index in [4.69, 9.17) is 0 Å². The molecule has 0 unspecified atom stereocenters. The Morgan fingerprint density at radius 1 is 0.762 bits per heavy atom. The van der Waals surface area contributed by atoms with E-state index in [1.165, 1.54) is 12.8 Å². The molecule has 1 aromatic rings. The van der Waals surface area contributed by atoms with Crippen molar-refractivity contribution in [2.24, 2.45) is 0 Å². The number of rotatable bonds is 3. The first kappa shape index (κ1) is 15.1. The topological polar surface area (TPSA) is 40.5 Å². The Morgan fingerprint density at radius 2 is 1.33 bits per heavy atom. The zero-order valence-corrected chi connectivity index (χ0v) is 13.0. The van der Waals surface area contributed by atoms with Crippen LogP contribution in [0.5, 0.6) is 0 Å². The van der Waals surface area contributed by atoms with Gasteiger partial charge in [-0.2, -0.15) is 0 Å². The molecule has 0 spiro atoms. The van der Waals surface area contributed by atoms with Gasteiger partial charge in [-0.05, 0) is 36.8 Å². The highest BCUT2D eigenvalue weighted by molar-refractivity contribution is 5.34. The lowest BCUT2D eigenvalue weighted by atomic mass is 9.74. The molecule has 2 heteroatoms. The quantitative estimate of drug-likeness (QED) is 0.880. The average molecular weight is 288 g/mol. The summed E-state index contributed by atoms with van der Waals surface area (Å²) < 4.78 is 0. The van der Waals surface area contributed by atoms with E-state index in [1.54, 1.807) is 0 Å². The molecule has 116 valence electrons. The molecule has 0 amide bonds. The minimum absolute atomic E-state index is 0.556. The molecule has 0 atom stereocenters.